The molecule has 2 aliphatic rings. The van der Waals surface area contributed by atoms with E-state index in [9.17, 15) is 0 Å². The summed E-state index contributed by atoms with van der Waals surface area (Å²) in [7, 11) is 0. The van der Waals surface area contributed by atoms with Crippen LogP contribution in [0.15, 0.2) is 41.6 Å². The molecule has 2 N–H and O–H groups in total. The van der Waals surface area contributed by atoms with Crippen molar-refractivity contribution in [2.75, 3.05) is 42.9 Å². The van der Waals surface area contributed by atoms with Crippen LogP contribution >= 0.6 is 23.8 Å². The van der Waals surface area contributed by atoms with Crippen LogP contribution in [0.2, 0.25) is 5.02 Å². The van der Waals surface area contributed by atoms with Gasteiger partial charge in [-0.05, 0) is 42.5 Å². The van der Waals surface area contributed by atoms with E-state index in [1.54, 1.807) is 6.20 Å². The first-order chi connectivity index (χ1) is 14.1. The molecule has 3 heterocycles. The van der Waals surface area contributed by atoms with Crippen LogP contribution in [0.5, 0.6) is 0 Å². The number of pyridine rings is 1. The Kier molecular flexibility index (Phi) is 5.79. The number of nitrogens with one attached hydrogen (secondary N) is 2. The molecule has 1 aromatic carbocycles. The quantitative estimate of drug-likeness (QED) is 0.565. The van der Waals surface area contributed by atoms with Gasteiger partial charge in [-0.1, -0.05) is 11.6 Å². The number of hydrogen-bond acceptors (Lipinski definition) is 6. The van der Waals surface area contributed by atoms with E-state index in [0.717, 1.165) is 61.9 Å². The SMILES string of the molecule is N#Cc1ccc(N2CCN(C(=S)N/N=C3/CCNc4cc(Cl)cnc43)CC2)cc1. The number of rotatable bonds is 2. The first-order valence-electron chi connectivity index (χ1n) is 9.40. The fraction of sp³-hybridized carbons (Fsp3) is 0.300. The van der Waals surface area contributed by atoms with Gasteiger partial charge in [-0.15, -0.1) is 0 Å². The van der Waals surface area contributed by atoms with Crippen molar-refractivity contribution >= 4 is 46.0 Å². The van der Waals surface area contributed by atoms with E-state index in [0.29, 0.717) is 15.7 Å². The summed E-state index contributed by atoms with van der Waals surface area (Å²) in [5, 5.41) is 18.0. The number of anilines is 2. The molecule has 1 aromatic heterocycles. The Bertz CT molecular complexity index is 975. The van der Waals surface area contributed by atoms with Crippen LogP contribution < -0.4 is 15.6 Å². The Morgan fingerprint density at radius 1 is 1.24 bits per heavy atom. The summed E-state index contributed by atoms with van der Waals surface area (Å²) in [6.45, 7) is 4.12. The Hall–Kier alpha value is -2.89. The molecule has 0 unspecified atom stereocenters. The molecule has 2 aliphatic heterocycles. The second-order valence-corrected chi connectivity index (χ2v) is 7.66. The van der Waals surface area contributed by atoms with Gasteiger partial charge in [0.05, 0.1) is 28.1 Å². The van der Waals surface area contributed by atoms with Crippen LogP contribution in [0.4, 0.5) is 11.4 Å². The topological polar surface area (TPSA) is 79.6 Å². The van der Waals surface area contributed by atoms with Crippen LogP contribution in [-0.2, 0) is 0 Å². The summed E-state index contributed by atoms with van der Waals surface area (Å²) in [5.74, 6) is 0. The van der Waals surface area contributed by atoms with Gasteiger partial charge in [0.2, 0.25) is 0 Å². The average Bonchev–Trinajstić information content (AvgIpc) is 2.77. The molecular formula is C20H20ClN7S. The van der Waals surface area contributed by atoms with Crippen molar-refractivity contribution < 1.29 is 0 Å². The molecule has 0 amide bonds. The zero-order chi connectivity index (χ0) is 20.2. The van der Waals surface area contributed by atoms with Crippen molar-refractivity contribution in [2.45, 2.75) is 6.42 Å². The van der Waals surface area contributed by atoms with Crippen LogP contribution in [0.25, 0.3) is 0 Å². The predicted octanol–water partition coefficient (Wildman–Crippen LogP) is 2.82. The molecular weight excluding hydrogens is 406 g/mol. The van der Waals surface area contributed by atoms with Gasteiger partial charge in [-0.3, -0.25) is 10.4 Å². The smallest absolute Gasteiger partial charge is 0.189 e. The summed E-state index contributed by atoms with van der Waals surface area (Å²) in [6, 6.07) is 11.7. The largest absolute Gasteiger partial charge is 0.383 e. The van der Waals surface area contributed by atoms with E-state index >= 15 is 0 Å². The molecule has 29 heavy (non-hydrogen) atoms. The number of hydrazone groups is 1. The lowest BCUT2D eigenvalue weighted by atomic mass is 10.1. The molecule has 1 saturated heterocycles. The number of halogens is 1. The van der Waals surface area contributed by atoms with Gasteiger partial charge in [0.15, 0.2) is 5.11 Å². The molecule has 0 bridgehead atoms. The highest BCUT2D eigenvalue weighted by Crippen LogP contribution is 2.23. The van der Waals surface area contributed by atoms with Gasteiger partial charge in [-0.2, -0.15) is 10.4 Å². The van der Waals surface area contributed by atoms with Crippen molar-refractivity contribution in [3.8, 4) is 6.07 Å². The standard InChI is InChI=1S/C20H20ClN7S/c21-15-11-18-19(24-13-15)17(5-6-23-18)25-26-20(29)28-9-7-27(8-10-28)16-3-1-14(12-22)2-4-16/h1-4,11,13,23H,5-10H2,(H,26,29)/b25-17-. The summed E-state index contributed by atoms with van der Waals surface area (Å²) < 4.78 is 0. The van der Waals surface area contributed by atoms with Gasteiger partial charge in [0, 0.05) is 51.0 Å². The highest BCUT2D eigenvalue weighted by atomic mass is 35.5. The van der Waals surface area contributed by atoms with Gasteiger partial charge in [0.1, 0.15) is 5.69 Å². The van der Waals surface area contributed by atoms with Crippen molar-refractivity contribution in [1.29, 1.82) is 5.26 Å². The molecule has 4 rings (SSSR count). The number of thiocarbonyl (C=S) groups is 1. The summed E-state index contributed by atoms with van der Waals surface area (Å²) in [5.41, 5.74) is 7.41. The Balaban J connectivity index is 1.35. The second-order valence-electron chi connectivity index (χ2n) is 6.83. The van der Waals surface area contributed by atoms with Crippen LogP contribution in [0.3, 0.4) is 0 Å². The molecule has 0 atom stereocenters. The lowest BCUT2D eigenvalue weighted by Crippen LogP contribution is -2.51. The highest BCUT2D eigenvalue weighted by Gasteiger charge is 2.20. The first-order valence-corrected chi connectivity index (χ1v) is 10.2. The zero-order valence-corrected chi connectivity index (χ0v) is 17.3. The van der Waals surface area contributed by atoms with E-state index in [4.69, 9.17) is 29.1 Å². The predicted molar refractivity (Wildman–Crippen MR) is 120 cm³/mol. The van der Waals surface area contributed by atoms with Gasteiger partial charge in [0.25, 0.3) is 0 Å². The van der Waals surface area contributed by atoms with Gasteiger partial charge < -0.3 is 15.1 Å². The maximum absolute atomic E-state index is 8.93. The highest BCUT2D eigenvalue weighted by molar-refractivity contribution is 7.80. The minimum absolute atomic E-state index is 0.598. The number of benzene rings is 1. The van der Waals surface area contributed by atoms with E-state index in [-0.39, 0.29) is 0 Å². The Labute approximate surface area is 180 Å². The van der Waals surface area contributed by atoms with Crippen LogP contribution in [-0.4, -0.2) is 53.4 Å². The molecule has 0 radical (unpaired) electrons. The molecule has 7 nitrogen and oxygen atoms in total. The average molecular weight is 426 g/mol. The lowest BCUT2D eigenvalue weighted by molar-refractivity contribution is 0.381. The lowest BCUT2D eigenvalue weighted by Gasteiger charge is -2.37. The third-order valence-electron chi connectivity index (χ3n) is 5.02. The van der Waals surface area contributed by atoms with Crippen molar-refractivity contribution in [3.63, 3.8) is 0 Å². The number of piperazine rings is 1. The number of hydrogen-bond donors (Lipinski definition) is 2. The van der Waals surface area contributed by atoms with Crippen LogP contribution in [0.1, 0.15) is 17.7 Å². The summed E-state index contributed by atoms with van der Waals surface area (Å²) >= 11 is 11.6. The van der Waals surface area contributed by atoms with E-state index in [2.05, 4.69) is 36.7 Å². The fourth-order valence-electron chi connectivity index (χ4n) is 3.45. The van der Waals surface area contributed by atoms with Crippen LogP contribution in [0, 0.1) is 11.3 Å². The molecule has 9 heteroatoms. The third kappa shape index (κ3) is 4.42. The molecule has 0 saturated carbocycles. The van der Waals surface area contributed by atoms with Crippen molar-refractivity contribution in [3.05, 3.63) is 52.8 Å². The third-order valence-corrected chi connectivity index (χ3v) is 5.58. The first kappa shape index (κ1) is 19.4. The summed E-state index contributed by atoms with van der Waals surface area (Å²) in [4.78, 5) is 8.81. The van der Waals surface area contributed by atoms with Crippen molar-refractivity contribution in [1.82, 2.24) is 15.3 Å². The maximum atomic E-state index is 8.93. The van der Waals surface area contributed by atoms with Gasteiger partial charge >= 0.3 is 0 Å². The van der Waals surface area contributed by atoms with Gasteiger partial charge in [-0.25, -0.2) is 0 Å². The fourth-order valence-corrected chi connectivity index (χ4v) is 3.83. The van der Waals surface area contributed by atoms with E-state index in [1.807, 2.05) is 30.3 Å². The monoisotopic (exact) mass is 425 g/mol. The minimum atomic E-state index is 0.598. The maximum Gasteiger partial charge on any atom is 0.189 e. The Morgan fingerprint density at radius 3 is 2.72 bits per heavy atom. The van der Waals surface area contributed by atoms with Crippen molar-refractivity contribution in [2.24, 2.45) is 5.10 Å². The molecule has 1 fully saturated rings. The number of nitrogens with zero attached hydrogens (tertiary/aromatic N) is 5. The number of fused-ring (bicyclic) bond motifs is 1. The molecule has 0 spiro atoms. The molecule has 148 valence electrons. The van der Waals surface area contributed by atoms with E-state index < -0.39 is 0 Å². The molecule has 2 aromatic rings. The Morgan fingerprint density at radius 2 is 2.00 bits per heavy atom. The number of aromatic nitrogens is 1. The second kappa shape index (κ2) is 8.64. The van der Waals surface area contributed by atoms with E-state index in [1.165, 1.54) is 0 Å². The molecule has 0 aliphatic carbocycles. The zero-order valence-electron chi connectivity index (χ0n) is 15.7. The normalized spacial score (nSPS) is 17.3. The number of nitriles is 1. The minimum Gasteiger partial charge on any atom is -0.383 e. The summed E-state index contributed by atoms with van der Waals surface area (Å²) in [6.07, 6.45) is 2.40.